The van der Waals surface area contributed by atoms with Crippen molar-refractivity contribution in [1.29, 1.82) is 0 Å². The molecule has 2 aliphatic rings. The molecule has 1 fully saturated rings. The van der Waals surface area contributed by atoms with Crippen LogP contribution in [-0.2, 0) is 16.6 Å². The van der Waals surface area contributed by atoms with Crippen molar-refractivity contribution in [3.8, 4) is 0 Å². The van der Waals surface area contributed by atoms with Crippen LogP contribution in [0.25, 0.3) is 0 Å². The van der Waals surface area contributed by atoms with Gasteiger partial charge in [-0.15, -0.1) is 0 Å². The topological polar surface area (TPSA) is 46.3 Å². The number of anilines is 1. The van der Waals surface area contributed by atoms with Gasteiger partial charge in [0.25, 0.3) is 0 Å². The third-order valence-corrected chi connectivity index (χ3v) is 4.91. The molecule has 4 heteroatoms. The van der Waals surface area contributed by atoms with E-state index < -0.39 is 0 Å². The molecule has 1 saturated carbocycles. The van der Waals surface area contributed by atoms with Crippen molar-refractivity contribution >= 4 is 11.6 Å². The Morgan fingerprint density at radius 1 is 1.24 bits per heavy atom. The summed E-state index contributed by atoms with van der Waals surface area (Å²) >= 11 is 0. The van der Waals surface area contributed by atoms with Crippen LogP contribution in [0, 0.1) is 0 Å². The number of carbonyl (C=O) groups is 1. The lowest BCUT2D eigenvalue weighted by atomic mass is 9.81. The van der Waals surface area contributed by atoms with E-state index in [9.17, 15) is 4.79 Å². The monoisotopic (exact) mass is 282 g/mol. The molecule has 0 radical (unpaired) electrons. The number of hydrogen-bond acceptors (Lipinski definition) is 3. The Hall–Kier alpha value is -2.10. The highest BCUT2D eigenvalue weighted by Crippen LogP contribution is 2.50. The van der Waals surface area contributed by atoms with E-state index in [1.54, 1.807) is 6.07 Å². The molecule has 1 amide bonds. The molecule has 0 N–H and O–H groups in total. The van der Waals surface area contributed by atoms with Crippen LogP contribution >= 0.6 is 0 Å². The van der Waals surface area contributed by atoms with Gasteiger partial charge in [-0.1, -0.05) is 36.2 Å². The fourth-order valence-corrected chi connectivity index (χ4v) is 3.91. The predicted molar refractivity (Wildman–Crippen MR) is 79.1 cm³/mol. The summed E-state index contributed by atoms with van der Waals surface area (Å²) in [6.45, 7) is 0.822. The quantitative estimate of drug-likeness (QED) is 0.850. The standard InChI is InChI=1S/C17H18N2O2/c20-16(11-13-7-10-21-18-13)19-12-17(8-3-4-9-17)14-5-1-2-6-15(14)19/h1-2,5-7,10H,3-4,8-9,11-12H2. The maximum atomic E-state index is 12.7. The van der Waals surface area contributed by atoms with Gasteiger partial charge in [0.1, 0.15) is 6.26 Å². The van der Waals surface area contributed by atoms with Crippen LogP contribution in [0.4, 0.5) is 5.69 Å². The second-order valence-electron chi connectivity index (χ2n) is 6.15. The number of amides is 1. The van der Waals surface area contributed by atoms with Crippen molar-refractivity contribution in [2.45, 2.75) is 37.5 Å². The molecule has 2 heterocycles. The lowest BCUT2D eigenvalue weighted by Crippen LogP contribution is -2.36. The van der Waals surface area contributed by atoms with Gasteiger partial charge >= 0.3 is 0 Å². The van der Waals surface area contributed by atoms with Gasteiger partial charge in [-0.05, 0) is 24.5 Å². The smallest absolute Gasteiger partial charge is 0.233 e. The van der Waals surface area contributed by atoms with E-state index in [-0.39, 0.29) is 11.3 Å². The summed E-state index contributed by atoms with van der Waals surface area (Å²) in [4.78, 5) is 14.6. The van der Waals surface area contributed by atoms with Crippen molar-refractivity contribution in [3.05, 3.63) is 47.9 Å². The molecule has 0 saturated heterocycles. The Kier molecular flexibility index (Phi) is 2.84. The molecule has 1 aliphatic carbocycles. The van der Waals surface area contributed by atoms with Gasteiger partial charge in [0, 0.05) is 23.7 Å². The van der Waals surface area contributed by atoms with Gasteiger partial charge in [-0.2, -0.15) is 0 Å². The van der Waals surface area contributed by atoms with E-state index in [0.29, 0.717) is 12.1 Å². The van der Waals surface area contributed by atoms with Gasteiger partial charge in [0.05, 0.1) is 12.1 Å². The molecule has 4 nitrogen and oxygen atoms in total. The minimum atomic E-state index is 0.111. The summed E-state index contributed by atoms with van der Waals surface area (Å²) in [5.41, 5.74) is 3.34. The normalized spacial score (nSPS) is 19.1. The lowest BCUT2D eigenvalue weighted by Gasteiger charge is -2.24. The molecule has 1 aromatic carbocycles. The first kappa shape index (κ1) is 12.6. The van der Waals surface area contributed by atoms with Crippen molar-refractivity contribution in [2.24, 2.45) is 0 Å². The van der Waals surface area contributed by atoms with E-state index in [0.717, 1.165) is 12.2 Å². The average molecular weight is 282 g/mol. The van der Waals surface area contributed by atoms with Gasteiger partial charge in [-0.25, -0.2) is 0 Å². The zero-order chi connectivity index (χ0) is 14.3. The molecular formula is C17H18N2O2. The van der Waals surface area contributed by atoms with Crippen LogP contribution in [-0.4, -0.2) is 17.6 Å². The first-order valence-corrected chi connectivity index (χ1v) is 7.58. The van der Waals surface area contributed by atoms with E-state index in [1.165, 1.54) is 37.5 Å². The van der Waals surface area contributed by atoms with Crippen LogP contribution in [0.2, 0.25) is 0 Å². The predicted octanol–water partition coefficient (Wildman–Crippen LogP) is 3.08. The SMILES string of the molecule is O=C(Cc1ccon1)N1CC2(CCCC2)c2ccccc21. The van der Waals surface area contributed by atoms with Crippen molar-refractivity contribution in [1.82, 2.24) is 5.16 Å². The Labute approximate surface area is 123 Å². The minimum Gasteiger partial charge on any atom is -0.364 e. The lowest BCUT2D eigenvalue weighted by molar-refractivity contribution is -0.118. The highest BCUT2D eigenvalue weighted by molar-refractivity contribution is 5.97. The zero-order valence-electron chi connectivity index (χ0n) is 11.9. The first-order chi connectivity index (χ1) is 10.3. The minimum absolute atomic E-state index is 0.111. The Bertz CT molecular complexity index is 657. The summed E-state index contributed by atoms with van der Waals surface area (Å²) < 4.78 is 4.82. The van der Waals surface area contributed by atoms with Gasteiger partial charge in [0.15, 0.2) is 0 Å². The van der Waals surface area contributed by atoms with Crippen LogP contribution in [0.15, 0.2) is 41.1 Å². The number of fused-ring (bicyclic) bond motifs is 2. The Morgan fingerprint density at radius 3 is 2.81 bits per heavy atom. The molecule has 2 aromatic rings. The number of aromatic nitrogens is 1. The van der Waals surface area contributed by atoms with Crippen molar-refractivity contribution in [2.75, 3.05) is 11.4 Å². The molecule has 1 aromatic heterocycles. The fraction of sp³-hybridized carbons (Fsp3) is 0.412. The second kappa shape index (κ2) is 4.72. The third kappa shape index (κ3) is 1.97. The third-order valence-electron chi connectivity index (χ3n) is 4.91. The van der Waals surface area contributed by atoms with Crippen LogP contribution < -0.4 is 4.90 Å². The molecule has 21 heavy (non-hydrogen) atoms. The largest absolute Gasteiger partial charge is 0.364 e. The summed E-state index contributed by atoms with van der Waals surface area (Å²) in [5.74, 6) is 0.111. The van der Waals surface area contributed by atoms with Crippen LogP contribution in [0.3, 0.4) is 0 Å². The fourth-order valence-electron chi connectivity index (χ4n) is 3.91. The van der Waals surface area contributed by atoms with Crippen molar-refractivity contribution in [3.63, 3.8) is 0 Å². The highest BCUT2D eigenvalue weighted by atomic mass is 16.5. The zero-order valence-corrected chi connectivity index (χ0v) is 11.9. The number of rotatable bonds is 2. The first-order valence-electron chi connectivity index (χ1n) is 7.58. The summed E-state index contributed by atoms with van der Waals surface area (Å²) in [6, 6.07) is 10.1. The maximum Gasteiger partial charge on any atom is 0.233 e. The van der Waals surface area contributed by atoms with Gasteiger partial charge in [-0.3, -0.25) is 4.79 Å². The van der Waals surface area contributed by atoms with Crippen LogP contribution in [0.5, 0.6) is 0 Å². The van der Waals surface area contributed by atoms with Gasteiger partial charge < -0.3 is 9.42 Å². The number of benzene rings is 1. The van der Waals surface area contributed by atoms with Gasteiger partial charge in [0.2, 0.25) is 5.91 Å². The summed E-state index contributed by atoms with van der Waals surface area (Å²) in [7, 11) is 0. The maximum absolute atomic E-state index is 12.7. The number of hydrogen-bond donors (Lipinski definition) is 0. The molecular weight excluding hydrogens is 264 g/mol. The molecule has 4 rings (SSSR count). The van der Waals surface area contributed by atoms with Crippen LogP contribution in [0.1, 0.15) is 36.9 Å². The molecule has 1 aliphatic heterocycles. The van der Waals surface area contributed by atoms with E-state index >= 15 is 0 Å². The number of para-hydroxylation sites is 1. The second-order valence-corrected chi connectivity index (χ2v) is 6.15. The van der Waals surface area contributed by atoms with Crippen molar-refractivity contribution < 1.29 is 9.32 Å². The summed E-state index contributed by atoms with van der Waals surface area (Å²) in [6.07, 6.45) is 6.73. The Morgan fingerprint density at radius 2 is 2.05 bits per heavy atom. The van der Waals surface area contributed by atoms with E-state index in [1.807, 2.05) is 11.0 Å². The summed E-state index contributed by atoms with van der Waals surface area (Å²) in [5, 5.41) is 3.85. The average Bonchev–Trinajstić information content (AvgIpc) is 3.22. The molecule has 0 atom stereocenters. The molecule has 0 unspecified atom stereocenters. The van der Waals surface area contributed by atoms with E-state index in [4.69, 9.17) is 4.52 Å². The molecule has 0 bridgehead atoms. The molecule has 1 spiro atoms. The van der Waals surface area contributed by atoms with E-state index in [2.05, 4.69) is 23.4 Å². The molecule has 108 valence electrons. The highest BCUT2D eigenvalue weighted by Gasteiger charge is 2.45. The number of nitrogens with zero attached hydrogens (tertiary/aromatic N) is 2. The Balaban J connectivity index is 1.66. The number of carbonyl (C=O) groups excluding carboxylic acids is 1.